The highest BCUT2D eigenvalue weighted by Gasteiger charge is 2.29. The van der Waals surface area contributed by atoms with Crippen LogP contribution in [0.3, 0.4) is 0 Å². The van der Waals surface area contributed by atoms with Crippen molar-refractivity contribution >= 4 is 33.6 Å². The third-order valence-electron chi connectivity index (χ3n) is 6.59. The monoisotopic (exact) mass is 530 g/mol. The number of aromatic nitrogens is 2. The van der Waals surface area contributed by atoms with Crippen LogP contribution >= 0.6 is 11.3 Å². The maximum Gasteiger partial charge on any atom is 0.410 e. The van der Waals surface area contributed by atoms with Crippen LogP contribution in [0.1, 0.15) is 30.2 Å². The molecule has 1 N–H and O–H groups in total. The van der Waals surface area contributed by atoms with Gasteiger partial charge in [-0.1, -0.05) is 0 Å². The number of thiophene rings is 1. The van der Waals surface area contributed by atoms with Gasteiger partial charge in [0.25, 0.3) is 5.56 Å². The summed E-state index contributed by atoms with van der Waals surface area (Å²) in [5, 5.41) is 3.15. The van der Waals surface area contributed by atoms with Gasteiger partial charge in [0.15, 0.2) is 0 Å². The quantitative estimate of drug-likeness (QED) is 0.523. The molecule has 3 aromatic rings. The predicted octanol–water partition coefficient (Wildman–Crippen LogP) is 2.16. The number of carbonyl (C=O) groups excluding carboxylic acids is 2. The standard InChI is InChI=1S/C25H27FN4O6S/c1-2-35-25(34)28-10-9-18-19(13-28)37-23-21(18)22(32)30(16-7-5-15(26)6-8-16)24(33)29(23)14-20(31)27-12-17-4-3-11-36-17/h5-8,17H,2-4,9-14H2,1H3,(H,27,31)/t17-/m1/s1. The van der Waals surface area contributed by atoms with Gasteiger partial charge in [-0.25, -0.2) is 18.5 Å². The van der Waals surface area contributed by atoms with Gasteiger partial charge in [-0.15, -0.1) is 11.3 Å². The molecule has 196 valence electrons. The van der Waals surface area contributed by atoms with Gasteiger partial charge in [0.1, 0.15) is 17.2 Å². The normalized spacial score (nSPS) is 17.1. The van der Waals surface area contributed by atoms with Crippen LogP contribution in [0.5, 0.6) is 0 Å². The lowest BCUT2D eigenvalue weighted by Crippen LogP contribution is -2.42. The molecule has 5 rings (SSSR count). The van der Waals surface area contributed by atoms with Crippen LogP contribution in [0, 0.1) is 5.82 Å². The summed E-state index contributed by atoms with van der Waals surface area (Å²) in [6.07, 6.45) is 1.69. The highest BCUT2D eigenvalue weighted by Crippen LogP contribution is 2.33. The SMILES string of the molecule is CCOC(=O)N1CCc2c(sc3c2c(=O)n(-c2ccc(F)cc2)c(=O)n3CC(=O)NC[C@H]2CCCO2)C1. The van der Waals surface area contributed by atoms with Crippen LogP contribution < -0.4 is 16.6 Å². The molecule has 2 aliphatic heterocycles. The van der Waals surface area contributed by atoms with E-state index >= 15 is 0 Å². The van der Waals surface area contributed by atoms with E-state index < -0.39 is 23.2 Å². The highest BCUT2D eigenvalue weighted by molar-refractivity contribution is 7.18. The molecule has 0 radical (unpaired) electrons. The molecule has 0 bridgehead atoms. The number of nitrogens with zero attached hydrogens (tertiary/aromatic N) is 3. The molecule has 10 nitrogen and oxygen atoms in total. The molecule has 2 aliphatic rings. The average Bonchev–Trinajstić information content (AvgIpc) is 3.54. The molecule has 0 spiro atoms. The highest BCUT2D eigenvalue weighted by atomic mass is 32.1. The third-order valence-corrected chi connectivity index (χ3v) is 7.83. The fourth-order valence-corrected chi connectivity index (χ4v) is 6.11. The van der Waals surface area contributed by atoms with Crippen molar-refractivity contribution in [3.8, 4) is 5.69 Å². The van der Waals surface area contributed by atoms with E-state index in [9.17, 15) is 23.6 Å². The molecule has 4 heterocycles. The molecule has 0 aliphatic carbocycles. The van der Waals surface area contributed by atoms with Crippen molar-refractivity contribution in [3.63, 3.8) is 0 Å². The van der Waals surface area contributed by atoms with Crippen molar-refractivity contribution in [2.75, 3.05) is 26.3 Å². The Morgan fingerprint density at radius 1 is 1.24 bits per heavy atom. The molecule has 1 atom stereocenters. The average molecular weight is 531 g/mol. The summed E-state index contributed by atoms with van der Waals surface area (Å²) < 4.78 is 26.5. The van der Waals surface area contributed by atoms with Crippen molar-refractivity contribution in [1.82, 2.24) is 19.4 Å². The van der Waals surface area contributed by atoms with E-state index in [-0.39, 0.29) is 37.4 Å². The van der Waals surface area contributed by atoms with E-state index in [1.807, 2.05) is 0 Å². The number of hydrogen-bond acceptors (Lipinski definition) is 7. The summed E-state index contributed by atoms with van der Waals surface area (Å²) in [7, 11) is 0. The van der Waals surface area contributed by atoms with Crippen molar-refractivity contribution in [1.29, 1.82) is 0 Å². The Morgan fingerprint density at radius 2 is 2.03 bits per heavy atom. The Labute approximate surface area is 215 Å². The first-order valence-corrected chi connectivity index (χ1v) is 13.0. The minimum atomic E-state index is -0.697. The summed E-state index contributed by atoms with van der Waals surface area (Å²) in [4.78, 5) is 55.1. The molecule has 1 saturated heterocycles. The zero-order chi connectivity index (χ0) is 26.1. The number of fused-ring (bicyclic) bond motifs is 3. The number of hydrogen-bond donors (Lipinski definition) is 1. The van der Waals surface area contributed by atoms with Crippen LogP contribution in [-0.2, 0) is 33.8 Å². The van der Waals surface area contributed by atoms with E-state index in [2.05, 4.69) is 5.32 Å². The van der Waals surface area contributed by atoms with Crippen LogP contribution in [0.4, 0.5) is 9.18 Å². The lowest BCUT2D eigenvalue weighted by atomic mass is 10.1. The molecule has 0 saturated carbocycles. The Balaban J connectivity index is 1.58. The Bertz CT molecular complexity index is 1460. The number of benzene rings is 1. The van der Waals surface area contributed by atoms with E-state index in [4.69, 9.17) is 9.47 Å². The van der Waals surface area contributed by atoms with Gasteiger partial charge in [-0.2, -0.15) is 0 Å². The predicted molar refractivity (Wildman–Crippen MR) is 135 cm³/mol. The number of rotatable bonds is 6. The van der Waals surface area contributed by atoms with Gasteiger partial charge < -0.3 is 19.7 Å². The van der Waals surface area contributed by atoms with Crippen molar-refractivity contribution in [2.45, 2.75) is 45.4 Å². The molecule has 1 fully saturated rings. The van der Waals surface area contributed by atoms with E-state index in [1.54, 1.807) is 11.8 Å². The fraction of sp³-hybridized carbons (Fsp3) is 0.440. The molecule has 37 heavy (non-hydrogen) atoms. The van der Waals surface area contributed by atoms with Gasteiger partial charge in [0.05, 0.1) is 30.3 Å². The maximum atomic E-state index is 13.7. The second-order valence-corrected chi connectivity index (χ2v) is 10.1. The Hall–Kier alpha value is -3.51. The first kappa shape index (κ1) is 25.2. The summed E-state index contributed by atoms with van der Waals surface area (Å²) in [6, 6.07) is 5.05. The number of nitrogens with one attached hydrogen (secondary N) is 1. The van der Waals surface area contributed by atoms with Gasteiger partial charge in [-0.3, -0.25) is 14.2 Å². The van der Waals surface area contributed by atoms with Gasteiger partial charge in [0.2, 0.25) is 5.91 Å². The largest absolute Gasteiger partial charge is 0.450 e. The topological polar surface area (TPSA) is 112 Å². The summed E-state index contributed by atoms with van der Waals surface area (Å²) in [5.41, 5.74) is -0.285. The van der Waals surface area contributed by atoms with Crippen molar-refractivity contribution in [2.24, 2.45) is 0 Å². The van der Waals surface area contributed by atoms with Crippen LogP contribution in [0.2, 0.25) is 0 Å². The Morgan fingerprint density at radius 3 is 2.73 bits per heavy atom. The summed E-state index contributed by atoms with van der Waals surface area (Å²) in [6.45, 7) is 3.27. The third kappa shape index (κ3) is 4.90. The van der Waals surface area contributed by atoms with Crippen LogP contribution in [0.15, 0.2) is 33.9 Å². The molecular formula is C25H27FN4O6S. The minimum absolute atomic E-state index is 0.0585. The van der Waals surface area contributed by atoms with Gasteiger partial charge in [-0.05, 0) is 56.0 Å². The van der Waals surface area contributed by atoms with Crippen molar-refractivity contribution < 1.29 is 23.5 Å². The van der Waals surface area contributed by atoms with E-state index in [0.29, 0.717) is 36.3 Å². The van der Waals surface area contributed by atoms with Gasteiger partial charge >= 0.3 is 11.8 Å². The number of carbonyl (C=O) groups is 2. The second-order valence-electron chi connectivity index (χ2n) is 8.98. The van der Waals surface area contributed by atoms with Crippen LogP contribution in [0.25, 0.3) is 15.9 Å². The maximum absolute atomic E-state index is 13.7. The molecule has 1 aromatic carbocycles. The number of halogens is 1. The molecular weight excluding hydrogens is 503 g/mol. The number of ether oxygens (including phenoxy) is 2. The first-order chi connectivity index (χ1) is 17.9. The molecule has 2 aromatic heterocycles. The molecule has 12 heteroatoms. The fourth-order valence-electron chi connectivity index (χ4n) is 4.77. The van der Waals surface area contributed by atoms with E-state index in [1.165, 1.54) is 40.2 Å². The zero-order valence-corrected chi connectivity index (χ0v) is 21.1. The lowest BCUT2D eigenvalue weighted by Gasteiger charge is -2.25. The first-order valence-electron chi connectivity index (χ1n) is 12.2. The minimum Gasteiger partial charge on any atom is -0.450 e. The lowest BCUT2D eigenvalue weighted by molar-refractivity contribution is -0.122. The molecule has 2 amide bonds. The number of amides is 2. The smallest absolute Gasteiger partial charge is 0.410 e. The Kier molecular flexibility index (Phi) is 7.11. The summed E-state index contributed by atoms with van der Waals surface area (Å²) >= 11 is 1.22. The summed E-state index contributed by atoms with van der Waals surface area (Å²) in [5.74, 6) is -0.888. The molecule has 0 unspecified atom stereocenters. The van der Waals surface area contributed by atoms with E-state index in [0.717, 1.165) is 27.8 Å². The zero-order valence-electron chi connectivity index (χ0n) is 20.3. The second kappa shape index (κ2) is 10.5. The van der Waals surface area contributed by atoms with Crippen LogP contribution in [-0.4, -0.2) is 58.4 Å². The van der Waals surface area contributed by atoms with Crippen molar-refractivity contribution in [3.05, 3.63) is 61.4 Å². The van der Waals surface area contributed by atoms with Gasteiger partial charge in [0, 0.05) is 24.6 Å².